The number of ether oxygens (including phenoxy) is 1. The van der Waals surface area contributed by atoms with E-state index in [-0.39, 0.29) is 30.1 Å². The van der Waals surface area contributed by atoms with E-state index in [0.717, 1.165) is 24.2 Å². The van der Waals surface area contributed by atoms with Crippen molar-refractivity contribution >= 4 is 12.0 Å². The molecule has 7 heteroatoms. The lowest BCUT2D eigenvalue weighted by molar-refractivity contribution is -0.139. The van der Waals surface area contributed by atoms with Crippen LogP contribution in [0.4, 0.5) is 4.79 Å². The molecule has 0 aliphatic heterocycles. The number of aliphatic carboxylic acids is 1. The van der Waals surface area contributed by atoms with Gasteiger partial charge in [-0.3, -0.25) is 9.69 Å². The van der Waals surface area contributed by atoms with E-state index in [2.05, 4.69) is 24.5 Å². The lowest BCUT2D eigenvalue weighted by Crippen LogP contribution is -2.56. The molecular weight excluding hydrogens is 346 g/mol. The first-order chi connectivity index (χ1) is 12.7. The van der Waals surface area contributed by atoms with E-state index in [9.17, 15) is 9.59 Å². The van der Waals surface area contributed by atoms with Gasteiger partial charge in [-0.15, -0.1) is 0 Å². The third-order valence-corrected chi connectivity index (χ3v) is 5.25. The van der Waals surface area contributed by atoms with Gasteiger partial charge in [0.2, 0.25) is 0 Å². The topological polar surface area (TPSA) is 90.9 Å². The molecule has 0 radical (unpaired) electrons. The second kappa shape index (κ2) is 9.08. The second-order valence-electron chi connectivity index (χ2n) is 7.72. The molecule has 2 amide bonds. The Morgan fingerprint density at radius 2 is 2.04 bits per heavy atom. The summed E-state index contributed by atoms with van der Waals surface area (Å²) in [6.45, 7) is 7.36. The average molecular weight is 377 g/mol. The van der Waals surface area contributed by atoms with Gasteiger partial charge in [0.1, 0.15) is 5.75 Å². The molecule has 1 aromatic rings. The number of rotatable bonds is 9. The standard InChI is InChI=1S/C20H31N3O4/c1-5-23(12-18(24)25)16-10-15(11-16)22-19(26)21-13-20(2,3)14-7-6-8-17(9-14)27-4/h6-9,15-16H,5,10-13H2,1-4H3,(H,24,25)(H2,21,22,26). The number of carboxylic acids is 1. The summed E-state index contributed by atoms with van der Waals surface area (Å²) in [6.07, 6.45) is 1.57. The molecular formula is C20H31N3O4. The number of carbonyl (C=O) groups is 2. The minimum atomic E-state index is -0.814. The Balaban J connectivity index is 1.77. The molecule has 0 heterocycles. The number of hydrogen-bond donors (Lipinski definition) is 3. The van der Waals surface area contributed by atoms with Crippen LogP contribution >= 0.6 is 0 Å². The summed E-state index contributed by atoms with van der Waals surface area (Å²) in [7, 11) is 1.64. The summed E-state index contributed by atoms with van der Waals surface area (Å²) in [5.41, 5.74) is 0.868. The van der Waals surface area contributed by atoms with Crippen molar-refractivity contribution in [2.75, 3.05) is 26.7 Å². The number of methoxy groups -OCH3 is 1. The minimum Gasteiger partial charge on any atom is -0.497 e. The van der Waals surface area contributed by atoms with Crippen LogP contribution in [0.5, 0.6) is 5.75 Å². The van der Waals surface area contributed by atoms with Gasteiger partial charge in [0.15, 0.2) is 0 Å². The van der Waals surface area contributed by atoms with Gasteiger partial charge in [0, 0.05) is 24.0 Å². The number of benzene rings is 1. The van der Waals surface area contributed by atoms with Crippen molar-refractivity contribution in [2.24, 2.45) is 0 Å². The minimum absolute atomic E-state index is 0.0504. The molecule has 1 aliphatic carbocycles. The maximum atomic E-state index is 12.2. The number of hydrogen-bond acceptors (Lipinski definition) is 4. The number of nitrogens with one attached hydrogen (secondary N) is 2. The van der Waals surface area contributed by atoms with Crippen LogP contribution in [-0.4, -0.2) is 60.8 Å². The number of carboxylic acid groups (broad SMARTS) is 1. The van der Waals surface area contributed by atoms with Crippen molar-refractivity contribution < 1.29 is 19.4 Å². The molecule has 0 aromatic heterocycles. The van der Waals surface area contributed by atoms with Gasteiger partial charge in [-0.05, 0) is 37.1 Å². The molecule has 1 fully saturated rings. The van der Waals surface area contributed by atoms with Gasteiger partial charge in [-0.25, -0.2) is 4.79 Å². The van der Waals surface area contributed by atoms with Crippen LogP contribution in [0.25, 0.3) is 0 Å². The molecule has 1 saturated carbocycles. The number of amides is 2. The number of urea groups is 1. The van der Waals surface area contributed by atoms with Gasteiger partial charge >= 0.3 is 12.0 Å². The third-order valence-electron chi connectivity index (χ3n) is 5.25. The molecule has 0 spiro atoms. The first-order valence-electron chi connectivity index (χ1n) is 9.40. The van der Waals surface area contributed by atoms with Crippen LogP contribution < -0.4 is 15.4 Å². The highest BCUT2D eigenvalue weighted by atomic mass is 16.5. The predicted octanol–water partition coefficient (Wildman–Crippen LogP) is 2.21. The maximum Gasteiger partial charge on any atom is 0.317 e. The Hall–Kier alpha value is -2.28. The third kappa shape index (κ3) is 5.85. The van der Waals surface area contributed by atoms with Crippen LogP contribution in [0, 0.1) is 0 Å². The van der Waals surface area contributed by atoms with Crippen molar-refractivity contribution in [1.82, 2.24) is 15.5 Å². The molecule has 7 nitrogen and oxygen atoms in total. The molecule has 0 bridgehead atoms. The fourth-order valence-corrected chi connectivity index (χ4v) is 3.36. The molecule has 1 aliphatic rings. The van der Waals surface area contributed by atoms with E-state index in [0.29, 0.717) is 13.1 Å². The monoisotopic (exact) mass is 377 g/mol. The Labute approximate surface area is 161 Å². The lowest BCUT2D eigenvalue weighted by atomic mass is 9.84. The number of carbonyl (C=O) groups excluding carboxylic acids is 1. The Morgan fingerprint density at radius 1 is 1.33 bits per heavy atom. The lowest BCUT2D eigenvalue weighted by Gasteiger charge is -2.42. The van der Waals surface area contributed by atoms with E-state index in [1.54, 1.807) is 7.11 Å². The van der Waals surface area contributed by atoms with Gasteiger partial charge in [0.25, 0.3) is 0 Å². The van der Waals surface area contributed by atoms with Gasteiger partial charge in [0.05, 0.1) is 13.7 Å². The number of likely N-dealkylation sites (N-methyl/N-ethyl adjacent to an activating group) is 1. The highest BCUT2D eigenvalue weighted by Crippen LogP contribution is 2.27. The maximum absolute atomic E-state index is 12.2. The van der Waals surface area contributed by atoms with Crippen LogP contribution in [0.15, 0.2) is 24.3 Å². The predicted molar refractivity (Wildman–Crippen MR) is 104 cm³/mol. The molecule has 0 saturated heterocycles. The van der Waals surface area contributed by atoms with E-state index in [4.69, 9.17) is 9.84 Å². The van der Waals surface area contributed by atoms with Crippen molar-refractivity contribution in [1.29, 1.82) is 0 Å². The smallest absolute Gasteiger partial charge is 0.317 e. The molecule has 3 N–H and O–H groups in total. The molecule has 27 heavy (non-hydrogen) atoms. The van der Waals surface area contributed by atoms with Gasteiger partial charge in [-0.2, -0.15) is 0 Å². The fraction of sp³-hybridized carbons (Fsp3) is 0.600. The summed E-state index contributed by atoms with van der Waals surface area (Å²) in [5.74, 6) is -0.0156. The summed E-state index contributed by atoms with van der Waals surface area (Å²) in [5, 5.41) is 14.9. The second-order valence-corrected chi connectivity index (χ2v) is 7.72. The van der Waals surface area contributed by atoms with Crippen molar-refractivity contribution in [3.63, 3.8) is 0 Å². The van der Waals surface area contributed by atoms with E-state index >= 15 is 0 Å². The van der Waals surface area contributed by atoms with Crippen molar-refractivity contribution in [3.05, 3.63) is 29.8 Å². The van der Waals surface area contributed by atoms with E-state index < -0.39 is 5.97 Å². The average Bonchev–Trinajstić information content (AvgIpc) is 2.61. The SMILES string of the molecule is CCN(CC(=O)O)C1CC(NC(=O)NCC(C)(C)c2cccc(OC)c2)C1. The fourth-order valence-electron chi connectivity index (χ4n) is 3.36. The summed E-state index contributed by atoms with van der Waals surface area (Å²) >= 11 is 0. The van der Waals surface area contributed by atoms with Gasteiger partial charge in [-0.1, -0.05) is 32.9 Å². The zero-order valence-electron chi connectivity index (χ0n) is 16.6. The van der Waals surface area contributed by atoms with Crippen LogP contribution in [0.2, 0.25) is 0 Å². The molecule has 2 rings (SSSR count). The summed E-state index contributed by atoms with van der Waals surface area (Å²) in [4.78, 5) is 25.0. The first kappa shape index (κ1) is 21.0. The summed E-state index contributed by atoms with van der Waals surface area (Å²) in [6, 6.07) is 7.99. The molecule has 0 unspecified atom stereocenters. The molecule has 1 aromatic carbocycles. The van der Waals surface area contributed by atoms with Gasteiger partial charge < -0.3 is 20.5 Å². The van der Waals surface area contributed by atoms with E-state index in [1.165, 1.54) is 0 Å². The first-order valence-corrected chi connectivity index (χ1v) is 9.40. The summed E-state index contributed by atoms with van der Waals surface area (Å²) < 4.78 is 5.27. The highest BCUT2D eigenvalue weighted by molar-refractivity contribution is 5.74. The quantitative estimate of drug-likeness (QED) is 0.614. The normalized spacial score (nSPS) is 19.3. The van der Waals surface area contributed by atoms with Crippen LogP contribution in [0.3, 0.4) is 0 Å². The van der Waals surface area contributed by atoms with Crippen molar-refractivity contribution in [3.8, 4) is 5.75 Å². The molecule has 0 atom stereocenters. The number of nitrogens with zero attached hydrogens (tertiary/aromatic N) is 1. The highest BCUT2D eigenvalue weighted by Gasteiger charge is 2.34. The Bertz CT molecular complexity index is 656. The Morgan fingerprint density at radius 3 is 2.63 bits per heavy atom. The molecule has 150 valence electrons. The van der Waals surface area contributed by atoms with Crippen LogP contribution in [0.1, 0.15) is 39.2 Å². The van der Waals surface area contributed by atoms with E-state index in [1.807, 2.05) is 36.1 Å². The van der Waals surface area contributed by atoms with Crippen molar-refractivity contribution in [2.45, 2.75) is 51.1 Å². The Kier molecular flexibility index (Phi) is 7.07. The van der Waals surface area contributed by atoms with Crippen LogP contribution in [-0.2, 0) is 10.2 Å². The zero-order chi connectivity index (χ0) is 20.0. The largest absolute Gasteiger partial charge is 0.497 e. The zero-order valence-corrected chi connectivity index (χ0v) is 16.6.